The zero-order chi connectivity index (χ0) is 12.0. The van der Waals surface area contributed by atoms with Gasteiger partial charge in [0.2, 0.25) is 0 Å². The van der Waals surface area contributed by atoms with Gasteiger partial charge in [0.15, 0.2) is 0 Å². The smallest absolute Gasteiger partial charge is 0.0441 e. The molecule has 16 heavy (non-hydrogen) atoms. The molecule has 0 bridgehead atoms. The van der Waals surface area contributed by atoms with E-state index in [9.17, 15) is 0 Å². The average molecular weight is 259 g/mol. The van der Waals surface area contributed by atoms with Gasteiger partial charge in [-0.05, 0) is 49.0 Å². The summed E-state index contributed by atoms with van der Waals surface area (Å²) in [4.78, 5) is 0. The molecule has 0 aliphatic heterocycles. The number of hydrogen-bond acceptors (Lipinski definition) is 3. The normalized spacial score (nSPS) is 12.8. The highest BCUT2D eigenvalue weighted by Gasteiger charge is 2.09. The maximum absolute atomic E-state index is 6.19. The van der Waals surface area contributed by atoms with Crippen molar-refractivity contribution >= 4 is 23.4 Å². The van der Waals surface area contributed by atoms with Crippen molar-refractivity contribution < 1.29 is 0 Å². The van der Waals surface area contributed by atoms with Crippen molar-refractivity contribution in [3.8, 4) is 0 Å². The minimum absolute atomic E-state index is 0.299. The van der Waals surface area contributed by atoms with Crippen molar-refractivity contribution in [1.82, 2.24) is 5.43 Å². The average Bonchev–Trinajstić information content (AvgIpc) is 2.27. The molecule has 0 radical (unpaired) electrons. The van der Waals surface area contributed by atoms with Crippen LogP contribution in [0.25, 0.3) is 0 Å². The molecule has 4 heteroatoms. The second-order valence-electron chi connectivity index (χ2n) is 3.94. The van der Waals surface area contributed by atoms with Gasteiger partial charge in [0.05, 0.1) is 0 Å². The molecular formula is C12H19ClN2S. The van der Waals surface area contributed by atoms with Crippen LogP contribution in [0.5, 0.6) is 0 Å². The van der Waals surface area contributed by atoms with Crippen LogP contribution in [-0.4, -0.2) is 18.1 Å². The van der Waals surface area contributed by atoms with E-state index in [1.165, 1.54) is 5.56 Å². The fourth-order valence-corrected chi connectivity index (χ4v) is 2.42. The summed E-state index contributed by atoms with van der Waals surface area (Å²) in [5, 5.41) is 0.837. The minimum atomic E-state index is 0.299. The van der Waals surface area contributed by atoms with Crippen LogP contribution in [0.2, 0.25) is 5.02 Å². The van der Waals surface area contributed by atoms with Gasteiger partial charge in [0, 0.05) is 11.1 Å². The summed E-state index contributed by atoms with van der Waals surface area (Å²) in [6.07, 6.45) is 4.05. The fraction of sp³-hybridized carbons (Fsp3) is 0.500. The van der Waals surface area contributed by atoms with Gasteiger partial charge in [-0.15, -0.1) is 0 Å². The summed E-state index contributed by atoms with van der Waals surface area (Å²) in [6, 6.07) is 6.47. The van der Waals surface area contributed by atoms with Gasteiger partial charge in [-0.2, -0.15) is 11.8 Å². The number of aryl methyl sites for hydroxylation is 1. The lowest BCUT2D eigenvalue weighted by molar-refractivity contribution is 0.514. The van der Waals surface area contributed by atoms with Gasteiger partial charge in [-0.1, -0.05) is 23.7 Å². The summed E-state index contributed by atoms with van der Waals surface area (Å²) in [5.74, 6) is 6.65. The predicted molar refractivity (Wildman–Crippen MR) is 74.0 cm³/mol. The van der Waals surface area contributed by atoms with Gasteiger partial charge < -0.3 is 0 Å². The van der Waals surface area contributed by atoms with Crippen LogP contribution in [0.15, 0.2) is 18.2 Å². The minimum Gasteiger partial charge on any atom is -0.271 e. The number of thioether (sulfide) groups is 1. The second-order valence-corrected chi connectivity index (χ2v) is 5.34. The Morgan fingerprint density at radius 3 is 2.81 bits per heavy atom. The number of hydrazine groups is 1. The van der Waals surface area contributed by atoms with Gasteiger partial charge in [-0.3, -0.25) is 11.3 Å². The van der Waals surface area contributed by atoms with E-state index < -0.39 is 0 Å². The first-order valence-corrected chi connectivity index (χ1v) is 7.14. The number of hydrogen-bond donors (Lipinski definition) is 2. The highest BCUT2D eigenvalue weighted by molar-refractivity contribution is 7.98. The van der Waals surface area contributed by atoms with Crippen molar-refractivity contribution in [3.63, 3.8) is 0 Å². The Morgan fingerprint density at radius 2 is 2.25 bits per heavy atom. The number of nitrogens with one attached hydrogen (secondary N) is 1. The lowest BCUT2D eigenvalue weighted by Gasteiger charge is -2.16. The van der Waals surface area contributed by atoms with Crippen LogP contribution < -0.4 is 11.3 Å². The molecule has 1 aromatic rings. The number of halogens is 1. The highest BCUT2D eigenvalue weighted by atomic mass is 35.5. The lowest BCUT2D eigenvalue weighted by atomic mass is 10.0. The van der Waals surface area contributed by atoms with E-state index in [-0.39, 0.29) is 0 Å². The van der Waals surface area contributed by atoms with Crippen LogP contribution in [0.3, 0.4) is 0 Å². The molecule has 0 saturated carbocycles. The zero-order valence-corrected chi connectivity index (χ0v) is 11.4. The van der Waals surface area contributed by atoms with Crippen LogP contribution >= 0.6 is 23.4 Å². The van der Waals surface area contributed by atoms with E-state index in [0.29, 0.717) is 6.04 Å². The van der Waals surface area contributed by atoms with Gasteiger partial charge in [-0.25, -0.2) is 0 Å². The summed E-state index contributed by atoms with van der Waals surface area (Å²) in [6.45, 7) is 2.04. The molecular weight excluding hydrogens is 240 g/mol. The Morgan fingerprint density at radius 1 is 1.50 bits per heavy atom. The molecule has 0 amide bonds. The summed E-state index contributed by atoms with van der Waals surface area (Å²) >= 11 is 8.02. The van der Waals surface area contributed by atoms with Crippen LogP contribution in [0.1, 0.15) is 17.5 Å². The Hall–Kier alpha value is -0.220. The monoisotopic (exact) mass is 258 g/mol. The SMILES string of the molecule is CSCCC(Cc1ccc(C)cc1Cl)NN. The molecule has 1 atom stereocenters. The lowest BCUT2D eigenvalue weighted by Crippen LogP contribution is -2.37. The molecule has 0 aliphatic carbocycles. The fourth-order valence-electron chi connectivity index (χ4n) is 1.59. The first-order valence-electron chi connectivity index (χ1n) is 5.37. The van der Waals surface area contributed by atoms with Crippen molar-refractivity contribution in [3.05, 3.63) is 34.3 Å². The topological polar surface area (TPSA) is 38.0 Å². The quantitative estimate of drug-likeness (QED) is 0.609. The maximum Gasteiger partial charge on any atom is 0.0441 e. The summed E-state index contributed by atoms with van der Waals surface area (Å²) in [7, 11) is 0. The second kappa shape index (κ2) is 7.17. The van der Waals surface area contributed by atoms with E-state index in [4.69, 9.17) is 17.4 Å². The van der Waals surface area contributed by atoms with Gasteiger partial charge in [0.1, 0.15) is 0 Å². The molecule has 1 rings (SSSR count). The van der Waals surface area contributed by atoms with Crippen molar-refractivity contribution in [2.75, 3.05) is 12.0 Å². The molecule has 90 valence electrons. The zero-order valence-electron chi connectivity index (χ0n) is 9.79. The molecule has 0 heterocycles. The molecule has 0 aromatic heterocycles. The summed E-state index contributed by atoms with van der Waals surface area (Å²) in [5.41, 5.74) is 5.21. The predicted octanol–water partition coefficient (Wildman–Crippen LogP) is 2.78. The van der Waals surface area contributed by atoms with Crippen molar-refractivity contribution in [2.24, 2.45) is 5.84 Å². The molecule has 0 spiro atoms. The maximum atomic E-state index is 6.19. The standard InChI is InChI=1S/C12H19ClN2S/c1-9-3-4-10(12(13)7-9)8-11(15-14)5-6-16-2/h3-4,7,11,15H,5-6,8,14H2,1-2H3. The Balaban J connectivity index is 2.62. The molecule has 0 saturated heterocycles. The number of rotatable bonds is 6. The molecule has 3 N–H and O–H groups in total. The van der Waals surface area contributed by atoms with Crippen molar-refractivity contribution in [2.45, 2.75) is 25.8 Å². The third kappa shape index (κ3) is 4.34. The first-order chi connectivity index (χ1) is 7.67. The van der Waals surface area contributed by atoms with Crippen LogP contribution in [-0.2, 0) is 6.42 Å². The third-order valence-electron chi connectivity index (χ3n) is 2.58. The molecule has 0 fully saturated rings. The van der Waals surface area contributed by atoms with Crippen LogP contribution in [0.4, 0.5) is 0 Å². The van der Waals surface area contributed by atoms with E-state index in [1.54, 1.807) is 0 Å². The van der Waals surface area contributed by atoms with Crippen molar-refractivity contribution in [1.29, 1.82) is 0 Å². The number of nitrogens with two attached hydrogens (primary N) is 1. The third-order valence-corrected chi connectivity index (χ3v) is 3.58. The largest absolute Gasteiger partial charge is 0.271 e. The van der Waals surface area contributed by atoms with E-state index >= 15 is 0 Å². The van der Waals surface area contributed by atoms with E-state index in [2.05, 4.69) is 23.8 Å². The Bertz CT molecular complexity index is 331. The Kier molecular flexibility index (Phi) is 6.21. The number of benzene rings is 1. The van der Waals surface area contributed by atoms with Gasteiger partial charge in [0.25, 0.3) is 0 Å². The summed E-state index contributed by atoms with van der Waals surface area (Å²) < 4.78 is 0. The molecule has 2 nitrogen and oxygen atoms in total. The molecule has 0 aliphatic rings. The molecule has 1 unspecified atom stereocenters. The Labute approximate surface area is 107 Å². The van der Waals surface area contributed by atoms with E-state index in [1.807, 2.05) is 24.8 Å². The van der Waals surface area contributed by atoms with E-state index in [0.717, 1.165) is 29.2 Å². The highest BCUT2D eigenvalue weighted by Crippen LogP contribution is 2.20. The first kappa shape index (κ1) is 13.8. The van der Waals surface area contributed by atoms with Crippen LogP contribution in [0, 0.1) is 6.92 Å². The molecule has 1 aromatic carbocycles. The van der Waals surface area contributed by atoms with Gasteiger partial charge >= 0.3 is 0 Å².